The molecule has 0 saturated carbocycles. The summed E-state index contributed by atoms with van der Waals surface area (Å²) in [7, 11) is 0. The Kier molecular flexibility index (Phi) is 7.89. The molecule has 3 N–H and O–H groups in total. The first-order valence-corrected chi connectivity index (χ1v) is 11.5. The second-order valence-electron chi connectivity index (χ2n) is 7.08. The van der Waals surface area contributed by atoms with Gasteiger partial charge in [0, 0.05) is 17.2 Å². The molecular formula is C21H24N2O5S2. The van der Waals surface area contributed by atoms with Crippen LogP contribution in [-0.4, -0.2) is 63.9 Å². The van der Waals surface area contributed by atoms with Crippen LogP contribution in [0.15, 0.2) is 47.8 Å². The summed E-state index contributed by atoms with van der Waals surface area (Å²) in [6.07, 6.45) is 0.899. The van der Waals surface area contributed by atoms with Crippen molar-refractivity contribution in [3.8, 4) is 0 Å². The number of thioether (sulfide) groups is 1. The molecule has 30 heavy (non-hydrogen) atoms. The van der Waals surface area contributed by atoms with Crippen molar-refractivity contribution < 1.29 is 24.6 Å². The number of hydrogen-bond acceptors (Lipinski definition) is 6. The summed E-state index contributed by atoms with van der Waals surface area (Å²) in [5.74, 6) is -2.09. The van der Waals surface area contributed by atoms with Gasteiger partial charge < -0.3 is 15.1 Å². The number of amides is 1. The summed E-state index contributed by atoms with van der Waals surface area (Å²) in [5.41, 5.74) is 1.03. The maximum Gasteiger partial charge on any atom is 0.323 e. The van der Waals surface area contributed by atoms with E-state index in [4.69, 9.17) is 0 Å². The molecule has 0 radical (unpaired) electrons. The van der Waals surface area contributed by atoms with Gasteiger partial charge in [0.2, 0.25) is 5.91 Å². The lowest BCUT2D eigenvalue weighted by atomic mass is 10.0. The summed E-state index contributed by atoms with van der Waals surface area (Å²) in [6, 6.07) is 11.8. The molecule has 7 nitrogen and oxygen atoms in total. The smallest absolute Gasteiger partial charge is 0.323 e. The van der Waals surface area contributed by atoms with Crippen LogP contribution in [0, 0.1) is 0 Å². The zero-order valence-electron chi connectivity index (χ0n) is 16.3. The quantitative estimate of drug-likeness (QED) is 0.541. The number of hydrogen-bond donors (Lipinski definition) is 3. The van der Waals surface area contributed by atoms with Crippen LogP contribution in [0.2, 0.25) is 0 Å². The molecule has 0 spiro atoms. The highest BCUT2D eigenvalue weighted by molar-refractivity contribution is 7.99. The monoisotopic (exact) mass is 448 g/mol. The van der Waals surface area contributed by atoms with Crippen LogP contribution in [0.3, 0.4) is 0 Å². The van der Waals surface area contributed by atoms with Crippen LogP contribution in [0.4, 0.5) is 0 Å². The Balaban J connectivity index is 1.72. The standard InChI is InChI=1S/C21H24N2O5S2/c24-19(25)12-23-11-18(17-7-4-10-29-17)30-13-16(20(23)26)22-15(21(27)28)9-8-14-5-2-1-3-6-14/h1-7,10,15-16,18,22H,8-9,11-13H2,(H,24,25)(H,27,28)/t15?,16-,18-/m0/s1. The van der Waals surface area contributed by atoms with E-state index in [2.05, 4.69) is 5.32 Å². The topological polar surface area (TPSA) is 107 Å². The molecule has 1 aromatic carbocycles. The van der Waals surface area contributed by atoms with Gasteiger partial charge >= 0.3 is 11.9 Å². The third-order valence-electron chi connectivity index (χ3n) is 4.91. The van der Waals surface area contributed by atoms with E-state index in [1.54, 1.807) is 23.1 Å². The molecule has 1 amide bonds. The fraction of sp³-hybridized carbons (Fsp3) is 0.381. The Morgan fingerprint density at radius 3 is 2.57 bits per heavy atom. The van der Waals surface area contributed by atoms with Crippen LogP contribution in [0.1, 0.15) is 22.1 Å². The average molecular weight is 449 g/mol. The number of carbonyl (C=O) groups excluding carboxylic acids is 1. The van der Waals surface area contributed by atoms with Gasteiger partial charge in [-0.3, -0.25) is 19.7 Å². The molecule has 160 valence electrons. The Labute approximate surface area is 183 Å². The van der Waals surface area contributed by atoms with Gasteiger partial charge in [-0.25, -0.2) is 0 Å². The SMILES string of the molecule is O=C(O)CN1C[C@@H](c2cccs2)SC[C@H](NC(CCc2ccccc2)C(=O)O)C1=O. The van der Waals surface area contributed by atoms with Crippen LogP contribution in [0.25, 0.3) is 0 Å². The number of benzene rings is 1. The van der Waals surface area contributed by atoms with Crippen molar-refractivity contribution in [1.29, 1.82) is 0 Å². The molecule has 1 aromatic heterocycles. The van der Waals surface area contributed by atoms with Gasteiger partial charge in [-0.05, 0) is 29.9 Å². The lowest BCUT2D eigenvalue weighted by Gasteiger charge is -2.26. The lowest BCUT2D eigenvalue weighted by Crippen LogP contribution is -2.53. The van der Waals surface area contributed by atoms with Crippen molar-refractivity contribution in [3.63, 3.8) is 0 Å². The Hall–Kier alpha value is -2.36. The number of carbonyl (C=O) groups is 3. The molecule has 1 saturated heterocycles. The number of nitrogens with one attached hydrogen (secondary N) is 1. The van der Waals surface area contributed by atoms with Crippen molar-refractivity contribution in [2.45, 2.75) is 30.2 Å². The molecule has 0 bridgehead atoms. The van der Waals surface area contributed by atoms with Crippen molar-refractivity contribution in [1.82, 2.24) is 10.2 Å². The van der Waals surface area contributed by atoms with Crippen molar-refractivity contribution in [2.75, 3.05) is 18.8 Å². The van der Waals surface area contributed by atoms with E-state index in [0.29, 0.717) is 18.6 Å². The first-order valence-electron chi connectivity index (χ1n) is 9.62. The van der Waals surface area contributed by atoms with E-state index < -0.39 is 30.6 Å². The zero-order chi connectivity index (χ0) is 21.5. The Bertz CT molecular complexity index is 860. The number of rotatable bonds is 9. The third-order valence-corrected chi connectivity index (χ3v) is 7.38. The molecule has 9 heteroatoms. The van der Waals surface area contributed by atoms with Gasteiger partial charge in [0.1, 0.15) is 12.6 Å². The summed E-state index contributed by atoms with van der Waals surface area (Å²) in [5, 5.41) is 23.8. The van der Waals surface area contributed by atoms with Crippen molar-refractivity contribution in [3.05, 3.63) is 58.3 Å². The first kappa shape index (κ1) is 22.3. The number of thiophene rings is 1. The summed E-state index contributed by atoms with van der Waals surface area (Å²) >= 11 is 3.12. The highest BCUT2D eigenvalue weighted by atomic mass is 32.2. The highest BCUT2D eigenvalue weighted by Gasteiger charge is 2.35. The minimum Gasteiger partial charge on any atom is -0.480 e. The maximum absolute atomic E-state index is 13.0. The van der Waals surface area contributed by atoms with Crippen LogP contribution >= 0.6 is 23.1 Å². The van der Waals surface area contributed by atoms with E-state index in [-0.39, 0.29) is 17.7 Å². The number of aliphatic carboxylic acids is 2. The van der Waals surface area contributed by atoms with Gasteiger partial charge in [-0.1, -0.05) is 36.4 Å². The number of carboxylic acids is 2. The van der Waals surface area contributed by atoms with Gasteiger partial charge in [0.15, 0.2) is 0 Å². The molecule has 1 unspecified atom stereocenters. The summed E-state index contributed by atoms with van der Waals surface area (Å²) in [6.45, 7) is -0.114. The highest BCUT2D eigenvalue weighted by Crippen LogP contribution is 2.35. The van der Waals surface area contributed by atoms with Crippen LogP contribution < -0.4 is 5.32 Å². The molecular weight excluding hydrogens is 424 g/mol. The molecule has 0 aliphatic carbocycles. The lowest BCUT2D eigenvalue weighted by molar-refractivity contribution is -0.146. The molecule has 3 atom stereocenters. The number of carboxylic acid groups (broad SMARTS) is 2. The molecule has 1 fully saturated rings. The second-order valence-corrected chi connectivity index (χ2v) is 9.30. The molecule has 3 rings (SSSR count). The van der Waals surface area contributed by atoms with Gasteiger partial charge in [-0.2, -0.15) is 0 Å². The Morgan fingerprint density at radius 1 is 1.17 bits per heavy atom. The van der Waals surface area contributed by atoms with E-state index in [1.165, 1.54) is 4.90 Å². The fourth-order valence-electron chi connectivity index (χ4n) is 3.40. The molecule has 1 aliphatic heterocycles. The molecule has 2 aromatic rings. The van der Waals surface area contributed by atoms with Gasteiger partial charge in [0.25, 0.3) is 0 Å². The van der Waals surface area contributed by atoms with Gasteiger partial charge in [0.05, 0.1) is 11.3 Å². The second kappa shape index (κ2) is 10.6. The van der Waals surface area contributed by atoms with E-state index in [0.717, 1.165) is 10.4 Å². The fourth-order valence-corrected chi connectivity index (χ4v) is 5.66. The maximum atomic E-state index is 13.0. The predicted octanol–water partition coefficient (Wildman–Crippen LogP) is 2.49. The number of nitrogens with zero attached hydrogens (tertiary/aromatic N) is 1. The van der Waals surface area contributed by atoms with Gasteiger partial charge in [-0.15, -0.1) is 23.1 Å². The zero-order valence-corrected chi connectivity index (χ0v) is 17.9. The van der Waals surface area contributed by atoms with E-state index in [9.17, 15) is 24.6 Å². The third kappa shape index (κ3) is 6.07. The van der Waals surface area contributed by atoms with Crippen LogP contribution in [-0.2, 0) is 20.8 Å². The largest absolute Gasteiger partial charge is 0.480 e. The predicted molar refractivity (Wildman–Crippen MR) is 117 cm³/mol. The minimum absolute atomic E-state index is 0.0345. The van der Waals surface area contributed by atoms with Crippen molar-refractivity contribution >= 4 is 40.9 Å². The normalized spacial score (nSPS) is 20.5. The molecule has 2 heterocycles. The first-order chi connectivity index (χ1) is 14.4. The summed E-state index contributed by atoms with van der Waals surface area (Å²) in [4.78, 5) is 38.5. The van der Waals surface area contributed by atoms with Crippen molar-refractivity contribution in [2.24, 2.45) is 0 Å². The van der Waals surface area contributed by atoms with Crippen LogP contribution in [0.5, 0.6) is 0 Å². The minimum atomic E-state index is -1.09. The van der Waals surface area contributed by atoms with E-state index >= 15 is 0 Å². The average Bonchev–Trinajstić information content (AvgIpc) is 3.21. The Morgan fingerprint density at radius 2 is 1.93 bits per heavy atom. The van der Waals surface area contributed by atoms with E-state index in [1.807, 2.05) is 47.8 Å². The number of aryl methyl sites for hydroxylation is 1. The summed E-state index contributed by atoms with van der Waals surface area (Å²) < 4.78 is 0. The molecule has 1 aliphatic rings.